The molecule has 0 bridgehead atoms. The molecule has 1 amide bonds. The monoisotopic (exact) mass is 259 g/mol. The number of amides is 1. The SMILES string of the molecule is CC(C)(C)NC(=O)OC(CO)CC1(CO)CCC1. The summed E-state index contributed by atoms with van der Waals surface area (Å²) in [5, 5.41) is 21.3. The number of ether oxygens (including phenoxy) is 1. The lowest BCUT2D eigenvalue weighted by Crippen LogP contribution is -2.45. The summed E-state index contributed by atoms with van der Waals surface area (Å²) in [5.74, 6) is 0. The molecular formula is C13H25NO4. The van der Waals surface area contributed by atoms with Gasteiger partial charge in [-0.05, 0) is 45.4 Å². The molecule has 106 valence electrons. The Morgan fingerprint density at radius 1 is 1.39 bits per heavy atom. The Balaban J connectivity index is 2.44. The van der Waals surface area contributed by atoms with E-state index in [2.05, 4.69) is 5.32 Å². The first-order valence-corrected chi connectivity index (χ1v) is 6.51. The number of aliphatic hydroxyl groups excluding tert-OH is 2. The summed E-state index contributed by atoms with van der Waals surface area (Å²) < 4.78 is 5.20. The molecule has 5 heteroatoms. The van der Waals surface area contributed by atoms with Crippen molar-refractivity contribution in [2.45, 2.75) is 58.1 Å². The molecule has 0 aromatic rings. The number of alkyl carbamates (subject to hydrolysis) is 1. The smallest absolute Gasteiger partial charge is 0.407 e. The molecule has 5 nitrogen and oxygen atoms in total. The lowest BCUT2D eigenvalue weighted by Gasteiger charge is -2.42. The highest BCUT2D eigenvalue weighted by molar-refractivity contribution is 5.68. The van der Waals surface area contributed by atoms with Crippen molar-refractivity contribution < 1.29 is 19.7 Å². The van der Waals surface area contributed by atoms with Gasteiger partial charge in [-0.2, -0.15) is 0 Å². The number of carbonyl (C=O) groups is 1. The van der Waals surface area contributed by atoms with Crippen molar-refractivity contribution in [2.24, 2.45) is 5.41 Å². The fraction of sp³-hybridized carbons (Fsp3) is 0.923. The van der Waals surface area contributed by atoms with E-state index in [1.54, 1.807) is 0 Å². The number of carbonyl (C=O) groups excluding carboxylic acids is 1. The summed E-state index contributed by atoms with van der Waals surface area (Å²) in [6, 6.07) is 0. The van der Waals surface area contributed by atoms with Gasteiger partial charge < -0.3 is 20.3 Å². The summed E-state index contributed by atoms with van der Waals surface area (Å²) in [7, 11) is 0. The lowest BCUT2D eigenvalue weighted by atomic mass is 9.66. The first-order chi connectivity index (χ1) is 8.30. The average Bonchev–Trinajstić information content (AvgIpc) is 2.19. The molecule has 1 fully saturated rings. The number of hydrogen-bond donors (Lipinski definition) is 3. The Kier molecular flexibility index (Phi) is 4.99. The molecule has 0 aliphatic heterocycles. The van der Waals surface area contributed by atoms with Crippen LogP contribution in [0.5, 0.6) is 0 Å². The first kappa shape index (κ1) is 15.2. The summed E-state index contributed by atoms with van der Waals surface area (Å²) in [6.07, 6.45) is 2.42. The molecule has 3 N–H and O–H groups in total. The topological polar surface area (TPSA) is 78.8 Å². The first-order valence-electron chi connectivity index (χ1n) is 6.51. The van der Waals surface area contributed by atoms with E-state index >= 15 is 0 Å². The van der Waals surface area contributed by atoms with Crippen molar-refractivity contribution in [3.05, 3.63) is 0 Å². The normalized spacial score (nSPS) is 19.8. The Bertz CT molecular complexity index is 276. The van der Waals surface area contributed by atoms with E-state index < -0.39 is 12.2 Å². The van der Waals surface area contributed by atoms with Crippen LogP contribution in [0.4, 0.5) is 4.79 Å². The zero-order valence-electron chi connectivity index (χ0n) is 11.5. The molecule has 0 heterocycles. The average molecular weight is 259 g/mol. The van der Waals surface area contributed by atoms with Crippen LogP contribution < -0.4 is 5.32 Å². The van der Waals surface area contributed by atoms with Gasteiger partial charge in [0.25, 0.3) is 0 Å². The Labute approximate surface area is 109 Å². The van der Waals surface area contributed by atoms with Crippen molar-refractivity contribution >= 4 is 6.09 Å². The number of hydrogen-bond acceptors (Lipinski definition) is 4. The molecule has 0 radical (unpaired) electrons. The zero-order valence-corrected chi connectivity index (χ0v) is 11.5. The summed E-state index contributed by atoms with van der Waals surface area (Å²) in [5.41, 5.74) is -0.516. The van der Waals surface area contributed by atoms with E-state index in [0.29, 0.717) is 6.42 Å². The van der Waals surface area contributed by atoms with Gasteiger partial charge >= 0.3 is 6.09 Å². The Morgan fingerprint density at radius 2 is 2.00 bits per heavy atom. The minimum atomic E-state index is -0.542. The van der Waals surface area contributed by atoms with Gasteiger partial charge in [0, 0.05) is 12.1 Å². The van der Waals surface area contributed by atoms with Crippen LogP contribution in [-0.2, 0) is 4.74 Å². The standard InChI is InChI=1S/C13H25NO4/c1-12(2,3)14-11(17)18-10(8-15)7-13(9-16)5-4-6-13/h10,15-16H,4-9H2,1-3H3,(H,14,17). The van der Waals surface area contributed by atoms with Crippen LogP contribution in [0.25, 0.3) is 0 Å². The molecule has 0 spiro atoms. The molecule has 1 aliphatic carbocycles. The molecule has 1 rings (SSSR count). The molecule has 0 aromatic heterocycles. The molecule has 0 aromatic carbocycles. The Morgan fingerprint density at radius 3 is 2.33 bits per heavy atom. The van der Waals surface area contributed by atoms with Crippen molar-refractivity contribution in [3.8, 4) is 0 Å². The quantitative estimate of drug-likeness (QED) is 0.698. The fourth-order valence-corrected chi connectivity index (χ4v) is 2.22. The second-order valence-corrected chi connectivity index (χ2v) is 6.30. The van der Waals surface area contributed by atoms with Gasteiger partial charge in [0.1, 0.15) is 6.10 Å². The molecule has 1 atom stereocenters. The van der Waals surface area contributed by atoms with Gasteiger partial charge in [0.2, 0.25) is 0 Å². The highest BCUT2D eigenvalue weighted by Crippen LogP contribution is 2.44. The lowest BCUT2D eigenvalue weighted by molar-refractivity contribution is -0.0307. The van der Waals surface area contributed by atoms with Gasteiger partial charge in [0.05, 0.1) is 6.61 Å². The van der Waals surface area contributed by atoms with Crippen LogP contribution in [0.2, 0.25) is 0 Å². The van der Waals surface area contributed by atoms with Crippen molar-refractivity contribution in [1.82, 2.24) is 5.32 Å². The predicted molar refractivity (Wildman–Crippen MR) is 68.2 cm³/mol. The molecule has 1 saturated carbocycles. The highest BCUT2D eigenvalue weighted by Gasteiger charge is 2.39. The van der Waals surface area contributed by atoms with E-state index in [1.165, 1.54) is 0 Å². The largest absolute Gasteiger partial charge is 0.444 e. The van der Waals surface area contributed by atoms with Gasteiger partial charge in [-0.3, -0.25) is 0 Å². The molecule has 0 saturated heterocycles. The van der Waals surface area contributed by atoms with E-state index in [-0.39, 0.29) is 24.2 Å². The second kappa shape index (κ2) is 5.89. The van der Waals surface area contributed by atoms with Crippen LogP contribution in [0.1, 0.15) is 46.5 Å². The van der Waals surface area contributed by atoms with Crippen LogP contribution in [0.3, 0.4) is 0 Å². The highest BCUT2D eigenvalue weighted by atomic mass is 16.6. The van der Waals surface area contributed by atoms with E-state index in [1.807, 2.05) is 20.8 Å². The second-order valence-electron chi connectivity index (χ2n) is 6.30. The van der Waals surface area contributed by atoms with Crippen LogP contribution >= 0.6 is 0 Å². The Hall–Kier alpha value is -0.810. The van der Waals surface area contributed by atoms with E-state index in [0.717, 1.165) is 19.3 Å². The third-order valence-corrected chi connectivity index (χ3v) is 3.36. The van der Waals surface area contributed by atoms with Gasteiger partial charge in [-0.1, -0.05) is 6.42 Å². The summed E-state index contributed by atoms with van der Waals surface area (Å²) in [6.45, 7) is 5.48. The molecule has 1 unspecified atom stereocenters. The van der Waals surface area contributed by atoms with E-state index in [9.17, 15) is 15.0 Å². The zero-order chi connectivity index (χ0) is 13.8. The predicted octanol–water partition coefficient (Wildman–Crippen LogP) is 1.42. The third kappa shape index (κ3) is 4.46. The molecule has 1 aliphatic rings. The summed E-state index contributed by atoms with van der Waals surface area (Å²) >= 11 is 0. The maximum Gasteiger partial charge on any atom is 0.407 e. The number of aliphatic hydroxyl groups is 2. The van der Waals surface area contributed by atoms with Crippen LogP contribution in [0, 0.1) is 5.41 Å². The summed E-state index contributed by atoms with van der Waals surface area (Å²) in [4.78, 5) is 11.6. The van der Waals surface area contributed by atoms with Crippen LogP contribution in [0.15, 0.2) is 0 Å². The molecule has 18 heavy (non-hydrogen) atoms. The van der Waals surface area contributed by atoms with Crippen molar-refractivity contribution in [3.63, 3.8) is 0 Å². The maximum atomic E-state index is 11.6. The van der Waals surface area contributed by atoms with Gasteiger partial charge in [0.15, 0.2) is 0 Å². The molecular weight excluding hydrogens is 234 g/mol. The van der Waals surface area contributed by atoms with Crippen molar-refractivity contribution in [1.29, 1.82) is 0 Å². The maximum absolute atomic E-state index is 11.6. The van der Waals surface area contributed by atoms with Crippen molar-refractivity contribution in [2.75, 3.05) is 13.2 Å². The van der Waals surface area contributed by atoms with Crippen LogP contribution in [-0.4, -0.2) is 41.2 Å². The fourth-order valence-electron chi connectivity index (χ4n) is 2.22. The number of rotatable bonds is 5. The minimum absolute atomic E-state index is 0.0910. The minimum Gasteiger partial charge on any atom is -0.444 e. The van der Waals surface area contributed by atoms with Gasteiger partial charge in [-0.15, -0.1) is 0 Å². The number of nitrogens with one attached hydrogen (secondary N) is 1. The van der Waals surface area contributed by atoms with E-state index in [4.69, 9.17) is 4.74 Å². The van der Waals surface area contributed by atoms with Gasteiger partial charge in [-0.25, -0.2) is 4.79 Å². The third-order valence-electron chi connectivity index (χ3n) is 3.36.